The van der Waals surface area contributed by atoms with Crippen LogP contribution in [0.4, 0.5) is 0 Å². The summed E-state index contributed by atoms with van der Waals surface area (Å²) < 4.78 is 5.44. The highest BCUT2D eigenvalue weighted by molar-refractivity contribution is 5.81. The zero-order chi connectivity index (χ0) is 14.8. The van der Waals surface area contributed by atoms with Gasteiger partial charge in [-0.1, -0.05) is 31.8 Å². The maximum atomic E-state index is 11.6. The number of aldehydes is 1. The average Bonchev–Trinajstić information content (AvgIpc) is 2.49. The van der Waals surface area contributed by atoms with Gasteiger partial charge in [0, 0.05) is 20.0 Å². The number of Topliss-reactive ketones (excluding diaryl/α,β-unsaturated/α-hetero) is 1. The molecule has 2 atom stereocenters. The molecule has 0 N–H and O–H groups in total. The van der Waals surface area contributed by atoms with E-state index >= 15 is 0 Å². The highest BCUT2D eigenvalue weighted by Gasteiger charge is 2.21. The van der Waals surface area contributed by atoms with Crippen molar-refractivity contribution < 1.29 is 14.3 Å². The zero-order valence-corrected chi connectivity index (χ0v) is 12.9. The van der Waals surface area contributed by atoms with Gasteiger partial charge in [0.15, 0.2) is 0 Å². The molecule has 3 nitrogen and oxygen atoms in total. The van der Waals surface area contributed by atoms with E-state index in [4.69, 9.17) is 4.74 Å². The second-order valence-corrected chi connectivity index (χ2v) is 5.94. The third-order valence-corrected chi connectivity index (χ3v) is 4.22. The molecule has 0 saturated heterocycles. The zero-order valence-electron chi connectivity index (χ0n) is 12.9. The molecule has 2 unspecified atom stereocenters. The lowest BCUT2D eigenvalue weighted by molar-refractivity contribution is -0.118. The normalized spacial score (nSPS) is 23.6. The molecule has 1 fully saturated rings. The molecule has 0 radical (unpaired) electrons. The van der Waals surface area contributed by atoms with E-state index < -0.39 is 0 Å². The van der Waals surface area contributed by atoms with Crippen molar-refractivity contribution in [2.45, 2.75) is 70.8 Å². The van der Waals surface area contributed by atoms with Crippen molar-refractivity contribution in [3.8, 4) is 0 Å². The van der Waals surface area contributed by atoms with Gasteiger partial charge in [-0.25, -0.2) is 0 Å². The van der Waals surface area contributed by atoms with Gasteiger partial charge in [-0.2, -0.15) is 0 Å². The van der Waals surface area contributed by atoms with Crippen LogP contribution in [0.15, 0.2) is 11.6 Å². The SMILES string of the molecule is COC1CCCC(CCCCC(=O)C/C=C(\C)C=O)C1. The fourth-order valence-corrected chi connectivity index (χ4v) is 2.90. The molecule has 0 aromatic heterocycles. The van der Waals surface area contributed by atoms with Crippen LogP contribution in [0, 0.1) is 5.92 Å². The van der Waals surface area contributed by atoms with E-state index in [9.17, 15) is 9.59 Å². The Kier molecular flexibility index (Phi) is 8.43. The average molecular weight is 280 g/mol. The number of allylic oxidation sites excluding steroid dienone is 2. The molecule has 0 aromatic rings. The first-order chi connectivity index (χ1) is 9.65. The van der Waals surface area contributed by atoms with Crippen molar-refractivity contribution in [2.75, 3.05) is 7.11 Å². The van der Waals surface area contributed by atoms with Gasteiger partial charge in [-0.3, -0.25) is 9.59 Å². The van der Waals surface area contributed by atoms with E-state index in [0.29, 0.717) is 24.5 Å². The quantitative estimate of drug-likeness (QED) is 0.366. The molecule has 3 heteroatoms. The molecule has 0 aromatic carbocycles. The highest BCUT2D eigenvalue weighted by Crippen LogP contribution is 2.29. The predicted molar refractivity (Wildman–Crippen MR) is 80.7 cm³/mol. The number of hydrogen-bond donors (Lipinski definition) is 0. The van der Waals surface area contributed by atoms with Gasteiger partial charge in [-0.15, -0.1) is 0 Å². The Morgan fingerprint density at radius 3 is 2.80 bits per heavy atom. The monoisotopic (exact) mass is 280 g/mol. The number of carbonyl (C=O) groups excluding carboxylic acids is 2. The molecule has 0 aliphatic heterocycles. The summed E-state index contributed by atoms with van der Waals surface area (Å²) in [6, 6.07) is 0. The summed E-state index contributed by atoms with van der Waals surface area (Å²) in [6.45, 7) is 1.73. The maximum absolute atomic E-state index is 11.6. The van der Waals surface area contributed by atoms with Crippen LogP contribution in [0.5, 0.6) is 0 Å². The summed E-state index contributed by atoms with van der Waals surface area (Å²) >= 11 is 0. The molecule has 0 amide bonds. The van der Waals surface area contributed by atoms with Gasteiger partial charge >= 0.3 is 0 Å². The van der Waals surface area contributed by atoms with Gasteiger partial charge in [0.25, 0.3) is 0 Å². The van der Waals surface area contributed by atoms with Crippen LogP contribution in [-0.2, 0) is 14.3 Å². The fraction of sp³-hybridized carbons (Fsp3) is 0.765. The van der Waals surface area contributed by atoms with Crippen molar-refractivity contribution in [2.24, 2.45) is 5.92 Å². The molecular weight excluding hydrogens is 252 g/mol. The van der Waals surface area contributed by atoms with Gasteiger partial charge < -0.3 is 4.74 Å². The van der Waals surface area contributed by atoms with E-state index in [-0.39, 0.29) is 5.78 Å². The van der Waals surface area contributed by atoms with Crippen LogP contribution in [0.25, 0.3) is 0 Å². The first-order valence-corrected chi connectivity index (χ1v) is 7.82. The molecule has 1 aliphatic carbocycles. The van der Waals surface area contributed by atoms with Crippen LogP contribution in [0.2, 0.25) is 0 Å². The largest absolute Gasteiger partial charge is 0.381 e. The van der Waals surface area contributed by atoms with Gasteiger partial charge in [-0.05, 0) is 37.7 Å². The Labute approximate surface area is 122 Å². The minimum Gasteiger partial charge on any atom is -0.381 e. The molecule has 0 bridgehead atoms. The summed E-state index contributed by atoms with van der Waals surface area (Å²) in [5.74, 6) is 1.02. The number of ketones is 1. The smallest absolute Gasteiger partial charge is 0.145 e. The predicted octanol–water partition coefficient (Wildman–Crippen LogP) is 3.86. The molecular formula is C17H28O3. The molecule has 1 rings (SSSR count). The molecule has 1 aliphatic rings. The Bertz CT molecular complexity index is 333. The Hall–Kier alpha value is -0.960. The Balaban J connectivity index is 2.09. The fourth-order valence-electron chi connectivity index (χ4n) is 2.90. The third kappa shape index (κ3) is 6.99. The lowest BCUT2D eigenvalue weighted by atomic mass is 9.84. The van der Waals surface area contributed by atoms with Crippen molar-refractivity contribution in [1.82, 2.24) is 0 Å². The second-order valence-electron chi connectivity index (χ2n) is 5.94. The summed E-state index contributed by atoms with van der Waals surface area (Å²) in [7, 11) is 1.81. The van der Waals surface area contributed by atoms with Crippen LogP contribution in [0.3, 0.4) is 0 Å². The van der Waals surface area contributed by atoms with E-state index in [1.807, 2.05) is 0 Å². The minimum absolute atomic E-state index is 0.240. The number of ether oxygens (including phenoxy) is 1. The number of methoxy groups -OCH3 is 1. The summed E-state index contributed by atoms with van der Waals surface area (Å²) in [5.41, 5.74) is 0.645. The maximum Gasteiger partial charge on any atom is 0.145 e. The van der Waals surface area contributed by atoms with Crippen molar-refractivity contribution >= 4 is 12.1 Å². The van der Waals surface area contributed by atoms with E-state index in [2.05, 4.69) is 0 Å². The van der Waals surface area contributed by atoms with E-state index in [1.54, 1.807) is 20.1 Å². The highest BCUT2D eigenvalue weighted by atomic mass is 16.5. The van der Waals surface area contributed by atoms with Crippen LogP contribution < -0.4 is 0 Å². The number of unbranched alkanes of at least 4 members (excludes halogenated alkanes) is 1. The van der Waals surface area contributed by atoms with Crippen LogP contribution >= 0.6 is 0 Å². The van der Waals surface area contributed by atoms with Gasteiger partial charge in [0.05, 0.1) is 6.10 Å². The van der Waals surface area contributed by atoms with Crippen molar-refractivity contribution in [3.05, 3.63) is 11.6 Å². The lowest BCUT2D eigenvalue weighted by Crippen LogP contribution is -2.21. The number of hydrogen-bond acceptors (Lipinski definition) is 3. The van der Waals surface area contributed by atoms with Gasteiger partial charge in [0.2, 0.25) is 0 Å². The molecule has 114 valence electrons. The second kappa shape index (κ2) is 9.87. The molecule has 20 heavy (non-hydrogen) atoms. The van der Waals surface area contributed by atoms with Crippen molar-refractivity contribution in [1.29, 1.82) is 0 Å². The molecule has 1 saturated carbocycles. The topological polar surface area (TPSA) is 43.4 Å². The molecule has 0 spiro atoms. The van der Waals surface area contributed by atoms with Gasteiger partial charge in [0.1, 0.15) is 12.1 Å². The first-order valence-electron chi connectivity index (χ1n) is 7.82. The van der Waals surface area contributed by atoms with Crippen LogP contribution in [-0.4, -0.2) is 25.3 Å². The number of carbonyl (C=O) groups is 2. The first kappa shape index (κ1) is 17.1. The van der Waals surface area contributed by atoms with Crippen molar-refractivity contribution in [3.63, 3.8) is 0 Å². The third-order valence-electron chi connectivity index (χ3n) is 4.22. The Morgan fingerprint density at radius 1 is 1.30 bits per heavy atom. The summed E-state index contributed by atoms with van der Waals surface area (Å²) in [6.07, 6.45) is 12.3. The summed E-state index contributed by atoms with van der Waals surface area (Å²) in [5, 5.41) is 0. The lowest BCUT2D eigenvalue weighted by Gasteiger charge is -2.28. The molecule has 0 heterocycles. The standard InChI is InChI=1S/C17H28O3/c1-14(13-18)10-11-16(19)8-4-3-6-15-7-5-9-17(12-15)20-2/h10,13,15,17H,3-9,11-12H2,1-2H3/b14-10+. The van der Waals surface area contributed by atoms with Crippen LogP contribution in [0.1, 0.15) is 64.7 Å². The Morgan fingerprint density at radius 2 is 2.10 bits per heavy atom. The van der Waals surface area contributed by atoms with E-state index in [0.717, 1.165) is 25.0 Å². The number of rotatable bonds is 9. The summed E-state index contributed by atoms with van der Waals surface area (Å²) in [4.78, 5) is 22.0. The minimum atomic E-state index is 0.240. The van der Waals surface area contributed by atoms with E-state index in [1.165, 1.54) is 32.1 Å².